The number of rotatable bonds is 3. The lowest BCUT2D eigenvalue weighted by atomic mass is 10.1. The third kappa shape index (κ3) is 2.86. The van der Waals surface area contributed by atoms with E-state index in [-0.39, 0.29) is 5.56 Å². The van der Waals surface area contributed by atoms with Gasteiger partial charge >= 0.3 is 0 Å². The fraction of sp³-hybridized carbons (Fsp3) is 0.556. The molecule has 0 aliphatic rings. The van der Waals surface area contributed by atoms with Crippen LogP contribution in [0.3, 0.4) is 0 Å². The summed E-state index contributed by atoms with van der Waals surface area (Å²) >= 11 is 0. The first kappa shape index (κ1) is 8.97. The molecule has 3 heteroatoms. The summed E-state index contributed by atoms with van der Waals surface area (Å²) in [5.74, 6) is 0.685. The summed E-state index contributed by atoms with van der Waals surface area (Å²) in [5.41, 5.74) is -0.171. The molecule has 3 nitrogen and oxygen atoms in total. The van der Waals surface area contributed by atoms with Crippen molar-refractivity contribution in [2.24, 2.45) is 5.92 Å². The Bertz CT molecular complexity index is 270. The summed E-state index contributed by atoms with van der Waals surface area (Å²) in [6.07, 6.45) is 4.48. The molecule has 0 bridgehead atoms. The largest absolute Gasteiger partial charge is 0.339 e. The molecule has 1 rings (SSSR count). The predicted octanol–water partition coefficient (Wildman–Crippen LogP) is 1.29. The molecular formula is C9H14N2O. The standard InChI is InChI=1S/C9H14N2O/c1-8(2)3-5-11-6-4-9(12)10-7-11/h4,6-8H,3,5H2,1-2H3. The number of aryl methyl sites for hydroxylation is 1. The summed E-state index contributed by atoms with van der Waals surface area (Å²) in [6.45, 7) is 5.29. The third-order valence-corrected chi connectivity index (χ3v) is 1.71. The van der Waals surface area contributed by atoms with Gasteiger partial charge in [0.1, 0.15) is 0 Å². The summed E-state index contributed by atoms with van der Waals surface area (Å²) in [6, 6.07) is 1.49. The van der Waals surface area contributed by atoms with Gasteiger partial charge in [-0.1, -0.05) is 13.8 Å². The van der Waals surface area contributed by atoms with E-state index in [1.54, 1.807) is 12.5 Å². The zero-order chi connectivity index (χ0) is 8.97. The van der Waals surface area contributed by atoms with E-state index in [1.165, 1.54) is 6.07 Å². The van der Waals surface area contributed by atoms with Crippen LogP contribution in [0.5, 0.6) is 0 Å². The van der Waals surface area contributed by atoms with Crippen molar-refractivity contribution in [3.05, 3.63) is 28.9 Å². The highest BCUT2D eigenvalue weighted by atomic mass is 16.1. The van der Waals surface area contributed by atoms with Gasteiger partial charge in [0.15, 0.2) is 0 Å². The molecule has 12 heavy (non-hydrogen) atoms. The minimum absolute atomic E-state index is 0.171. The lowest BCUT2D eigenvalue weighted by Crippen LogP contribution is -2.09. The van der Waals surface area contributed by atoms with Gasteiger partial charge in [0.05, 0.1) is 6.33 Å². The van der Waals surface area contributed by atoms with Gasteiger partial charge in [0.2, 0.25) is 0 Å². The van der Waals surface area contributed by atoms with E-state index >= 15 is 0 Å². The second-order valence-electron chi connectivity index (χ2n) is 3.32. The van der Waals surface area contributed by atoms with Gasteiger partial charge in [0.25, 0.3) is 5.56 Å². The van der Waals surface area contributed by atoms with E-state index in [1.807, 2.05) is 4.57 Å². The van der Waals surface area contributed by atoms with Crippen LogP contribution in [0, 0.1) is 5.92 Å². The number of hydrogen-bond donors (Lipinski definition) is 0. The molecule has 1 aromatic heterocycles. The van der Waals surface area contributed by atoms with Crippen molar-refractivity contribution in [2.75, 3.05) is 0 Å². The van der Waals surface area contributed by atoms with Crippen LogP contribution in [0.2, 0.25) is 0 Å². The Morgan fingerprint density at radius 3 is 2.83 bits per heavy atom. The van der Waals surface area contributed by atoms with Crippen molar-refractivity contribution >= 4 is 0 Å². The van der Waals surface area contributed by atoms with Crippen molar-refractivity contribution in [3.8, 4) is 0 Å². The van der Waals surface area contributed by atoms with Gasteiger partial charge in [-0.15, -0.1) is 0 Å². The maximum absolute atomic E-state index is 10.6. The second-order valence-corrected chi connectivity index (χ2v) is 3.32. The average Bonchev–Trinajstić information content (AvgIpc) is 2.03. The van der Waals surface area contributed by atoms with E-state index in [0.717, 1.165) is 13.0 Å². The quantitative estimate of drug-likeness (QED) is 0.678. The van der Waals surface area contributed by atoms with Gasteiger partial charge in [-0.3, -0.25) is 4.79 Å². The number of hydrogen-bond acceptors (Lipinski definition) is 2. The molecule has 0 spiro atoms. The van der Waals surface area contributed by atoms with Gasteiger partial charge in [-0.25, -0.2) is 0 Å². The molecule has 0 N–H and O–H groups in total. The van der Waals surface area contributed by atoms with Crippen LogP contribution in [0.15, 0.2) is 23.4 Å². The fourth-order valence-electron chi connectivity index (χ4n) is 0.912. The van der Waals surface area contributed by atoms with E-state index < -0.39 is 0 Å². The Morgan fingerprint density at radius 1 is 1.58 bits per heavy atom. The molecule has 1 heterocycles. The van der Waals surface area contributed by atoms with Crippen molar-refractivity contribution in [1.82, 2.24) is 9.55 Å². The zero-order valence-corrected chi connectivity index (χ0v) is 7.53. The van der Waals surface area contributed by atoms with Crippen molar-refractivity contribution in [1.29, 1.82) is 0 Å². The third-order valence-electron chi connectivity index (χ3n) is 1.71. The summed E-state index contributed by atoms with van der Waals surface area (Å²) < 4.78 is 1.93. The van der Waals surface area contributed by atoms with Crippen LogP contribution in [-0.4, -0.2) is 9.55 Å². The van der Waals surface area contributed by atoms with Crippen LogP contribution in [0.1, 0.15) is 20.3 Å². The number of aromatic nitrogens is 2. The monoisotopic (exact) mass is 166 g/mol. The minimum Gasteiger partial charge on any atom is -0.339 e. The normalized spacial score (nSPS) is 10.6. The van der Waals surface area contributed by atoms with E-state index in [4.69, 9.17) is 0 Å². The first-order chi connectivity index (χ1) is 5.68. The lowest BCUT2D eigenvalue weighted by Gasteiger charge is -2.06. The van der Waals surface area contributed by atoms with Crippen molar-refractivity contribution in [3.63, 3.8) is 0 Å². The molecule has 0 aliphatic heterocycles. The summed E-state index contributed by atoms with van der Waals surface area (Å²) in [7, 11) is 0. The molecule has 66 valence electrons. The molecule has 1 aromatic rings. The van der Waals surface area contributed by atoms with Gasteiger partial charge in [-0.05, 0) is 12.3 Å². The van der Waals surface area contributed by atoms with E-state index in [0.29, 0.717) is 5.92 Å². The predicted molar refractivity (Wildman–Crippen MR) is 48.0 cm³/mol. The van der Waals surface area contributed by atoms with Crippen molar-refractivity contribution in [2.45, 2.75) is 26.8 Å². The summed E-state index contributed by atoms with van der Waals surface area (Å²) in [4.78, 5) is 14.3. The number of nitrogens with zero attached hydrogens (tertiary/aromatic N) is 2. The molecule has 0 amide bonds. The van der Waals surface area contributed by atoms with Crippen molar-refractivity contribution < 1.29 is 0 Å². The molecule has 0 saturated heterocycles. The van der Waals surface area contributed by atoms with Gasteiger partial charge in [0, 0.05) is 18.8 Å². The van der Waals surface area contributed by atoms with E-state index in [9.17, 15) is 4.79 Å². The molecule has 0 saturated carbocycles. The molecule has 0 unspecified atom stereocenters. The summed E-state index contributed by atoms with van der Waals surface area (Å²) in [5, 5.41) is 0. The van der Waals surface area contributed by atoms with Gasteiger partial charge < -0.3 is 4.57 Å². The SMILES string of the molecule is CC(C)CCn1ccc(=O)nc1. The molecule has 0 atom stereocenters. The Morgan fingerprint density at radius 2 is 2.33 bits per heavy atom. The van der Waals surface area contributed by atoms with E-state index in [2.05, 4.69) is 18.8 Å². The van der Waals surface area contributed by atoms with Gasteiger partial charge in [-0.2, -0.15) is 4.98 Å². The Hall–Kier alpha value is -1.12. The second kappa shape index (κ2) is 4.04. The maximum atomic E-state index is 10.6. The minimum atomic E-state index is -0.171. The van der Waals surface area contributed by atoms with Crippen LogP contribution in [0.4, 0.5) is 0 Å². The highest BCUT2D eigenvalue weighted by Crippen LogP contribution is 2.00. The molecule has 0 radical (unpaired) electrons. The zero-order valence-electron chi connectivity index (χ0n) is 7.53. The maximum Gasteiger partial charge on any atom is 0.272 e. The molecule has 0 aliphatic carbocycles. The molecular weight excluding hydrogens is 152 g/mol. The van der Waals surface area contributed by atoms with Crippen LogP contribution < -0.4 is 5.56 Å². The highest BCUT2D eigenvalue weighted by molar-refractivity contribution is 4.81. The molecule has 0 aromatic carbocycles. The Balaban J connectivity index is 2.53. The average molecular weight is 166 g/mol. The molecule has 0 fully saturated rings. The first-order valence-electron chi connectivity index (χ1n) is 4.20. The highest BCUT2D eigenvalue weighted by Gasteiger charge is 1.94. The van der Waals surface area contributed by atoms with Crippen LogP contribution in [-0.2, 0) is 6.54 Å². The van der Waals surface area contributed by atoms with Crippen LogP contribution in [0.25, 0.3) is 0 Å². The van der Waals surface area contributed by atoms with Crippen LogP contribution >= 0.6 is 0 Å². The topological polar surface area (TPSA) is 34.9 Å². The lowest BCUT2D eigenvalue weighted by molar-refractivity contribution is 0.510. The first-order valence-corrected chi connectivity index (χ1v) is 4.20. The fourth-order valence-corrected chi connectivity index (χ4v) is 0.912. The smallest absolute Gasteiger partial charge is 0.272 e. The Kier molecular flexibility index (Phi) is 3.02. The Labute approximate surface area is 72.1 Å².